The van der Waals surface area contributed by atoms with Gasteiger partial charge in [0.05, 0.1) is 10.5 Å². The predicted octanol–water partition coefficient (Wildman–Crippen LogP) is 2.89. The number of ether oxygens (including phenoxy) is 1. The molecule has 7 heteroatoms. The van der Waals surface area contributed by atoms with Crippen molar-refractivity contribution in [1.29, 1.82) is 0 Å². The van der Waals surface area contributed by atoms with Crippen LogP contribution >= 0.6 is 11.6 Å². The van der Waals surface area contributed by atoms with Gasteiger partial charge >= 0.3 is 0 Å². The predicted molar refractivity (Wildman–Crippen MR) is 78.7 cm³/mol. The third-order valence-electron chi connectivity index (χ3n) is 3.83. The van der Waals surface area contributed by atoms with E-state index in [2.05, 4.69) is 0 Å². The fourth-order valence-electron chi connectivity index (χ4n) is 2.51. The number of hydrogen-bond donors (Lipinski definition) is 0. The highest BCUT2D eigenvalue weighted by molar-refractivity contribution is 6.32. The van der Waals surface area contributed by atoms with Gasteiger partial charge in [0.2, 0.25) is 0 Å². The van der Waals surface area contributed by atoms with E-state index >= 15 is 0 Å². The molecule has 114 valence electrons. The maximum Gasteiger partial charge on any atom is 0.288 e. The van der Waals surface area contributed by atoms with Crippen LogP contribution in [0.25, 0.3) is 0 Å². The molecular weight excluding hydrogens is 296 g/mol. The first-order valence-corrected chi connectivity index (χ1v) is 7.02. The van der Waals surface area contributed by atoms with Crippen LogP contribution in [0.1, 0.15) is 30.1 Å². The van der Waals surface area contributed by atoms with Crippen LogP contribution in [0.4, 0.5) is 5.69 Å². The third kappa shape index (κ3) is 3.33. The lowest BCUT2D eigenvalue weighted by molar-refractivity contribution is -0.384. The summed E-state index contributed by atoms with van der Waals surface area (Å²) in [4.78, 5) is 24.5. The number of nitrogens with zero attached hydrogens (tertiary/aromatic N) is 2. The van der Waals surface area contributed by atoms with Crippen LogP contribution in [-0.4, -0.2) is 41.5 Å². The summed E-state index contributed by atoms with van der Waals surface area (Å²) >= 11 is 5.76. The van der Waals surface area contributed by atoms with Crippen molar-refractivity contribution in [3.8, 4) is 0 Å². The zero-order valence-corrected chi connectivity index (χ0v) is 12.7. The van der Waals surface area contributed by atoms with Crippen LogP contribution in [-0.2, 0) is 4.74 Å². The summed E-state index contributed by atoms with van der Waals surface area (Å²) in [7, 11) is 1.63. The molecule has 1 fully saturated rings. The highest BCUT2D eigenvalue weighted by atomic mass is 35.5. The van der Waals surface area contributed by atoms with Crippen LogP contribution in [0.5, 0.6) is 0 Å². The van der Waals surface area contributed by atoms with Crippen LogP contribution in [0.3, 0.4) is 0 Å². The average molecular weight is 313 g/mol. The van der Waals surface area contributed by atoms with Crippen LogP contribution in [0.15, 0.2) is 18.2 Å². The molecule has 21 heavy (non-hydrogen) atoms. The molecule has 0 aliphatic carbocycles. The number of rotatable bonds is 3. The number of nitro benzene ring substituents is 1. The number of hydrogen-bond acceptors (Lipinski definition) is 4. The van der Waals surface area contributed by atoms with Gasteiger partial charge in [-0.15, -0.1) is 0 Å². The van der Waals surface area contributed by atoms with E-state index in [9.17, 15) is 14.9 Å². The van der Waals surface area contributed by atoms with E-state index in [1.54, 1.807) is 12.0 Å². The van der Waals surface area contributed by atoms with Crippen molar-refractivity contribution in [2.45, 2.75) is 25.4 Å². The Balaban J connectivity index is 2.24. The monoisotopic (exact) mass is 312 g/mol. The van der Waals surface area contributed by atoms with E-state index in [0.29, 0.717) is 13.1 Å². The van der Waals surface area contributed by atoms with Gasteiger partial charge in [0.25, 0.3) is 11.6 Å². The Hall–Kier alpha value is -1.66. The Bertz CT molecular complexity index is 578. The fourth-order valence-corrected chi connectivity index (χ4v) is 2.70. The van der Waals surface area contributed by atoms with Gasteiger partial charge in [-0.05, 0) is 31.9 Å². The second-order valence-electron chi connectivity index (χ2n) is 5.41. The molecule has 1 aromatic carbocycles. The first-order valence-electron chi connectivity index (χ1n) is 6.65. The van der Waals surface area contributed by atoms with Gasteiger partial charge in [0, 0.05) is 31.8 Å². The number of methoxy groups -OCH3 is 1. The van der Waals surface area contributed by atoms with Gasteiger partial charge in [-0.2, -0.15) is 0 Å². The van der Waals surface area contributed by atoms with Crippen molar-refractivity contribution in [2.24, 2.45) is 0 Å². The normalized spacial score (nSPS) is 22.1. The SMILES string of the molecule is COC1(C)CCCN(C(=O)c2ccc(Cl)c([N+](=O)[O-])c2)C1. The summed E-state index contributed by atoms with van der Waals surface area (Å²) in [6.45, 7) is 3.05. The Morgan fingerprint density at radius 1 is 1.52 bits per heavy atom. The fraction of sp³-hybridized carbons (Fsp3) is 0.500. The summed E-state index contributed by atoms with van der Waals surface area (Å²) in [6, 6.07) is 4.12. The van der Waals surface area contributed by atoms with E-state index < -0.39 is 4.92 Å². The maximum atomic E-state index is 12.5. The van der Waals surface area contributed by atoms with E-state index in [1.165, 1.54) is 18.2 Å². The number of carbonyl (C=O) groups is 1. The molecule has 0 N–H and O–H groups in total. The standard InChI is InChI=1S/C14H17ClN2O4/c1-14(21-2)6-3-7-16(9-14)13(18)10-4-5-11(15)12(8-10)17(19)20/h4-5,8H,3,6-7,9H2,1-2H3. The number of carbonyl (C=O) groups excluding carboxylic acids is 1. The molecule has 1 aromatic rings. The molecule has 1 amide bonds. The first-order chi connectivity index (χ1) is 9.86. The van der Waals surface area contributed by atoms with Gasteiger partial charge in [-0.1, -0.05) is 11.6 Å². The summed E-state index contributed by atoms with van der Waals surface area (Å²) in [5, 5.41) is 10.9. The molecule has 6 nitrogen and oxygen atoms in total. The van der Waals surface area contributed by atoms with Crippen molar-refractivity contribution < 1.29 is 14.5 Å². The van der Waals surface area contributed by atoms with E-state index in [0.717, 1.165) is 12.8 Å². The Morgan fingerprint density at radius 2 is 2.24 bits per heavy atom. The molecular formula is C14H17ClN2O4. The van der Waals surface area contributed by atoms with E-state index in [-0.39, 0.29) is 27.8 Å². The molecule has 1 aliphatic rings. The van der Waals surface area contributed by atoms with Gasteiger partial charge in [-0.3, -0.25) is 14.9 Å². The first kappa shape index (κ1) is 15.7. The van der Waals surface area contributed by atoms with Crippen molar-refractivity contribution in [1.82, 2.24) is 4.90 Å². The molecule has 2 rings (SSSR count). The second kappa shape index (κ2) is 5.99. The van der Waals surface area contributed by atoms with E-state index in [4.69, 9.17) is 16.3 Å². The molecule has 0 radical (unpaired) electrons. The lowest BCUT2D eigenvalue weighted by atomic mass is 9.94. The average Bonchev–Trinajstić information content (AvgIpc) is 2.47. The van der Waals surface area contributed by atoms with E-state index in [1.807, 2.05) is 6.92 Å². The second-order valence-corrected chi connectivity index (χ2v) is 5.81. The third-order valence-corrected chi connectivity index (χ3v) is 4.15. The number of nitro groups is 1. The van der Waals surface area contributed by atoms with Crippen LogP contribution in [0, 0.1) is 10.1 Å². The molecule has 1 heterocycles. The number of halogens is 1. The molecule has 0 aromatic heterocycles. The van der Waals surface area contributed by atoms with Crippen molar-refractivity contribution in [3.05, 3.63) is 38.9 Å². The smallest absolute Gasteiger partial charge is 0.288 e. The molecule has 0 spiro atoms. The Kier molecular flexibility index (Phi) is 4.49. The van der Waals surface area contributed by atoms with Crippen LogP contribution in [0.2, 0.25) is 5.02 Å². The van der Waals surface area contributed by atoms with Gasteiger partial charge in [0.1, 0.15) is 5.02 Å². The molecule has 0 bridgehead atoms. The lowest BCUT2D eigenvalue weighted by Gasteiger charge is -2.39. The highest BCUT2D eigenvalue weighted by Gasteiger charge is 2.33. The topological polar surface area (TPSA) is 72.7 Å². The minimum absolute atomic E-state index is 0.0249. The van der Waals surface area contributed by atoms with Gasteiger partial charge in [0.15, 0.2) is 0 Å². The zero-order valence-electron chi connectivity index (χ0n) is 12.0. The van der Waals surface area contributed by atoms with Crippen molar-refractivity contribution in [2.75, 3.05) is 20.2 Å². The maximum absolute atomic E-state index is 12.5. The quantitative estimate of drug-likeness (QED) is 0.635. The van der Waals surface area contributed by atoms with Gasteiger partial charge in [-0.25, -0.2) is 0 Å². The summed E-state index contributed by atoms with van der Waals surface area (Å²) in [5.74, 6) is -0.238. The summed E-state index contributed by atoms with van der Waals surface area (Å²) < 4.78 is 5.45. The molecule has 1 unspecified atom stereocenters. The largest absolute Gasteiger partial charge is 0.377 e. The van der Waals surface area contributed by atoms with Crippen molar-refractivity contribution >= 4 is 23.2 Å². The number of benzene rings is 1. The Labute approximate surface area is 127 Å². The van der Waals surface area contributed by atoms with Gasteiger partial charge < -0.3 is 9.64 Å². The Morgan fingerprint density at radius 3 is 2.86 bits per heavy atom. The molecule has 1 atom stereocenters. The number of amides is 1. The summed E-state index contributed by atoms with van der Waals surface area (Å²) in [5.41, 5.74) is -0.354. The zero-order chi connectivity index (χ0) is 15.6. The lowest BCUT2D eigenvalue weighted by Crippen LogP contribution is -2.49. The molecule has 1 saturated heterocycles. The molecule has 1 aliphatic heterocycles. The minimum atomic E-state index is -0.589. The summed E-state index contributed by atoms with van der Waals surface area (Å²) in [6.07, 6.45) is 1.72. The number of piperidine rings is 1. The van der Waals surface area contributed by atoms with Crippen LogP contribution < -0.4 is 0 Å². The number of likely N-dealkylation sites (tertiary alicyclic amines) is 1. The highest BCUT2D eigenvalue weighted by Crippen LogP contribution is 2.28. The minimum Gasteiger partial charge on any atom is -0.377 e. The van der Waals surface area contributed by atoms with Crippen molar-refractivity contribution in [3.63, 3.8) is 0 Å². The molecule has 0 saturated carbocycles.